The molecular formula is C11H16N2O5S. The van der Waals surface area contributed by atoms with E-state index in [9.17, 15) is 9.59 Å². The van der Waals surface area contributed by atoms with Crippen molar-refractivity contribution >= 4 is 23.8 Å². The molecule has 2 aliphatic heterocycles. The highest BCUT2D eigenvalue weighted by Gasteiger charge is 2.56. The number of carboxylic acid groups (broad SMARTS) is 1. The maximum Gasteiger partial charge on any atom is 0.512 e. The minimum atomic E-state index is -1.47. The Balaban J connectivity index is 2.24. The lowest BCUT2D eigenvalue weighted by Crippen LogP contribution is -2.58. The predicted octanol–water partition coefficient (Wildman–Crippen LogP) is 0.501. The minimum Gasteiger partial charge on any atom is -0.449 e. The SMILES string of the molecule is CCCC(N)C1=C(OC(=O)O)N2C(=O)[C@H](CO)[C@H]2S1. The van der Waals surface area contributed by atoms with Crippen LogP contribution in [0.5, 0.6) is 0 Å². The van der Waals surface area contributed by atoms with E-state index in [1.165, 1.54) is 16.7 Å². The Bertz CT molecular complexity index is 439. The molecule has 4 N–H and O–H groups in total. The number of hydrogen-bond acceptors (Lipinski definition) is 6. The first kappa shape index (κ1) is 14.2. The Morgan fingerprint density at radius 2 is 2.32 bits per heavy atom. The number of amides is 1. The van der Waals surface area contributed by atoms with Crippen molar-refractivity contribution in [2.24, 2.45) is 11.7 Å². The van der Waals surface area contributed by atoms with Crippen molar-refractivity contribution in [2.75, 3.05) is 6.61 Å². The van der Waals surface area contributed by atoms with E-state index in [4.69, 9.17) is 20.7 Å². The number of nitrogens with two attached hydrogens (primary N) is 1. The lowest BCUT2D eigenvalue weighted by Gasteiger charge is -2.40. The van der Waals surface area contributed by atoms with E-state index in [2.05, 4.69) is 0 Å². The standard InChI is InChI=1S/C11H16N2O5S/c1-2-3-6(12)7-9(18-11(16)17)13-8(15)5(4-14)10(13)19-7/h5-6,10,14H,2-4,12H2,1H3,(H,16,17)/t5-,6?,10+/m0/s1. The second-order valence-electron chi connectivity index (χ2n) is 4.44. The fourth-order valence-electron chi connectivity index (χ4n) is 2.21. The van der Waals surface area contributed by atoms with Crippen LogP contribution in [0.15, 0.2) is 10.8 Å². The molecular weight excluding hydrogens is 272 g/mol. The molecule has 1 unspecified atom stereocenters. The van der Waals surface area contributed by atoms with Gasteiger partial charge in [0.2, 0.25) is 11.8 Å². The zero-order valence-electron chi connectivity index (χ0n) is 10.4. The topological polar surface area (TPSA) is 113 Å². The largest absolute Gasteiger partial charge is 0.512 e. The summed E-state index contributed by atoms with van der Waals surface area (Å²) < 4.78 is 4.71. The van der Waals surface area contributed by atoms with Crippen LogP contribution in [0.2, 0.25) is 0 Å². The van der Waals surface area contributed by atoms with Gasteiger partial charge in [-0.15, -0.1) is 0 Å². The third-order valence-electron chi connectivity index (χ3n) is 3.15. The molecule has 106 valence electrons. The maximum absolute atomic E-state index is 11.8. The smallest absolute Gasteiger partial charge is 0.449 e. The summed E-state index contributed by atoms with van der Waals surface area (Å²) >= 11 is 1.31. The van der Waals surface area contributed by atoms with Crippen LogP contribution in [-0.2, 0) is 9.53 Å². The normalized spacial score (nSPS) is 27.1. The number of carbonyl (C=O) groups is 2. The van der Waals surface area contributed by atoms with Crippen LogP contribution < -0.4 is 5.73 Å². The summed E-state index contributed by atoms with van der Waals surface area (Å²) in [4.78, 5) is 24.4. The molecule has 2 heterocycles. The number of aliphatic hydroxyl groups is 1. The molecule has 7 nitrogen and oxygen atoms in total. The summed E-state index contributed by atoms with van der Waals surface area (Å²) in [6.45, 7) is 1.71. The molecule has 19 heavy (non-hydrogen) atoms. The highest BCUT2D eigenvalue weighted by molar-refractivity contribution is 8.04. The van der Waals surface area contributed by atoms with E-state index in [-0.39, 0.29) is 29.8 Å². The first-order valence-corrected chi connectivity index (χ1v) is 6.90. The van der Waals surface area contributed by atoms with Gasteiger partial charge in [-0.25, -0.2) is 4.79 Å². The Morgan fingerprint density at radius 3 is 2.84 bits per heavy atom. The lowest BCUT2D eigenvalue weighted by molar-refractivity contribution is -0.151. The number of carbonyl (C=O) groups excluding carboxylic acids is 1. The number of rotatable bonds is 5. The van der Waals surface area contributed by atoms with Gasteiger partial charge in [-0.2, -0.15) is 0 Å². The van der Waals surface area contributed by atoms with Gasteiger partial charge in [-0.1, -0.05) is 25.1 Å². The van der Waals surface area contributed by atoms with Crippen LogP contribution in [0.4, 0.5) is 4.79 Å². The van der Waals surface area contributed by atoms with Crippen LogP contribution in [0.3, 0.4) is 0 Å². The van der Waals surface area contributed by atoms with Crippen molar-refractivity contribution in [2.45, 2.75) is 31.2 Å². The molecule has 0 saturated carbocycles. The van der Waals surface area contributed by atoms with Crippen molar-refractivity contribution in [3.05, 3.63) is 10.8 Å². The predicted molar refractivity (Wildman–Crippen MR) is 67.8 cm³/mol. The van der Waals surface area contributed by atoms with Crippen LogP contribution in [0.1, 0.15) is 19.8 Å². The number of β-lactam (4-membered cyclic amide) rings is 1. The van der Waals surface area contributed by atoms with E-state index in [1.807, 2.05) is 6.92 Å². The van der Waals surface area contributed by atoms with Crippen molar-refractivity contribution in [3.8, 4) is 0 Å². The van der Waals surface area contributed by atoms with Gasteiger partial charge in [-0.3, -0.25) is 9.69 Å². The lowest BCUT2D eigenvalue weighted by atomic mass is 9.99. The van der Waals surface area contributed by atoms with Crippen molar-refractivity contribution in [1.29, 1.82) is 0 Å². The average molecular weight is 288 g/mol. The monoisotopic (exact) mass is 288 g/mol. The van der Waals surface area contributed by atoms with Gasteiger partial charge in [0.25, 0.3) is 0 Å². The molecule has 0 aromatic carbocycles. The molecule has 0 aromatic heterocycles. The molecule has 2 rings (SSSR count). The highest BCUT2D eigenvalue weighted by atomic mass is 32.2. The van der Waals surface area contributed by atoms with Crippen LogP contribution in [0.25, 0.3) is 0 Å². The summed E-state index contributed by atoms with van der Waals surface area (Å²) in [7, 11) is 0. The van der Waals surface area contributed by atoms with Gasteiger partial charge in [0.05, 0.1) is 17.4 Å². The molecule has 1 amide bonds. The Labute approximate surface area is 114 Å². The zero-order valence-corrected chi connectivity index (χ0v) is 11.2. The maximum atomic E-state index is 11.8. The first-order chi connectivity index (χ1) is 9.01. The summed E-state index contributed by atoms with van der Waals surface area (Å²) in [5.74, 6) is -0.822. The van der Waals surface area contributed by atoms with E-state index in [0.29, 0.717) is 11.3 Å². The molecule has 0 radical (unpaired) electrons. The number of nitrogens with zero attached hydrogens (tertiary/aromatic N) is 1. The number of hydrogen-bond donors (Lipinski definition) is 3. The molecule has 0 spiro atoms. The summed E-state index contributed by atoms with van der Waals surface area (Å²) in [5.41, 5.74) is 5.99. The molecule has 1 saturated heterocycles. The van der Waals surface area contributed by atoms with E-state index in [0.717, 1.165) is 6.42 Å². The van der Waals surface area contributed by atoms with Gasteiger partial charge < -0.3 is 20.7 Å². The summed E-state index contributed by atoms with van der Waals surface area (Å²) in [5, 5.41) is 17.6. The molecule has 3 atom stereocenters. The van der Waals surface area contributed by atoms with Gasteiger partial charge >= 0.3 is 6.16 Å². The quantitative estimate of drug-likeness (QED) is 0.498. The molecule has 0 aromatic rings. The summed E-state index contributed by atoms with van der Waals surface area (Å²) in [6, 6.07) is -0.359. The first-order valence-electron chi connectivity index (χ1n) is 6.02. The Hall–Kier alpha value is -1.25. The van der Waals surface area contributed by atoms with Gasteiger partial charge in [0, 0.05) is 6.04 Å². The van der Waals surface area contributed by atoms with E-state index in [1.54, 1.807) is 0 Å². The number of fused-ring (bicyclic) bond motifs is 1. The third-order valence-corrected chi connectivity index (χ3v) is 4.66. The molecule has 2 aliphatic rings. The fraction of sp³-hybridized carbons (Fsp3) is 0.636. The second-order valence-corrected chi connectivity index (χ2v) is 5.60. The van der Waals surface area contributed by atoms with Crippen LogP contribution in [-0.4, -0.2) is 45.2 Å². The minimum absolute atomic E-state index is 0.0122. The van der Waals surface area contributed by atoms with Gasteiger partial charge in [0.1, 0.15) is 5.37 Å². The van der Waals surface area contributed by atoms with Gasteiger partial charge in [0.15, 0.2) is 0 Å². The second kappa shape index (κ2) is 5.40. The van der Waals surface area contributed by atoms with Gasteiger partial charge in [-0.05, 0) is 6.42 Å². The number of ether oxygens (including phenoxy) is 1. The Kier molecular flexibility index (Phi) is 4.02. The summed E-state index contributed by atoms with van der Waals surface area (Å²) in [6.07, 6.45) is 0.0405. The third kappa shape index (κ3) is 2.31. The fourth-order valence-corrected chi connectivity index (χ4v) is 3.68. The molecule has 0 bridgehead atoms. The molecule has 8 heteroatoms. The zero-order chi connectivity index (χ0) is 14.2. The van der Waals surface area contributed by atoms with E-state index < -0.39 is 12.1 Å². The van der Waals surface area contributed by atoms with Crippen molar-refractivity contribution < 1.29 is 24.5 Å². The molecule has 0 aliphatic carbocycles. The highest BCUT2D eigenvalue weighted by Crippen LogP contribution is 2.50. The van der Waals surface area contributed by atoms with E-state index >= 15 is 0 Å². The molecule has 1 fully saturated rings. The average Bonchev–Trinajstić information content (AvgIpc) is 2.64. The van der Waals surface area contributed by atoms with Crippen molar-refractivity contribution in [3.63, 3.8) is 0 Å². The number of aliphatic hydroxyl groups excluding tert-OH is 1. The number of thioether (sulfide) groups is 1. The van der Waals surface area contributed by atoms with Crippen molar-refractivity contribution in [1.82, 2.24) is 4.90 Å². The van der Waals surface area contributed by atoms with Crippen LogP contribution >= 0.6 is 11.8 Å². The van der Waals surface area contributed by atoms with Crippen LogP contribution in [0, 0.1) is 5.92 Å². The Morgan fingerprint density at radius 1 is 1.63 bits per heavy atom.